The first-order chi connectivity index (χ1) is 13.3. The highest BCUT2D eigenvalue weighted by atomic mass is 32.1. The Labute approximate surface area is 165 Å². The highest BCUT2D eigenvalue weighted by Crippen LogP contribution is 2.42. The molecule has 7 heteroatoms. The number of nitrogens with one attached hydrogen (secondary N) is 1. The molecule has 2 heterocycles. The maximum atomic E-state index is 13.0. The number of anilines is 2. The highest BCUT2D eigenvalue weighted by molar-refractivity contribution is 7.14. The van der Waals surface area contributed by atoms with Gasteiger partial charge in [-0.3, -0.25) is 14.9 Å². The first-order valence-electron chi connectivity index (χ1n) is 8.73. The van der Waals surface area contributed by atoms with Crippen LogP contribution in [0.25, 0.3) is 11.3 Å². The first kappa shape index (κ1) is 18.3. The van der Waals surface area contributed by atoms with Gasteiger partial charge in [0, 0.05) is 29.2 Å². The number of amides is 2. The van der Waals surface area contributed by atoms with Crippen molar-refractivity contribution < 1.29 is 14.0 Å². The van der Waals surface area contributed by atoms with Crippen LogP contribution >= 0.6 is 11.3 Å². The molecule has 1 aromatic heterocycles. The van der Waals surface area contributed by atoms with E-state index in [1.807, 2.05) is 37.4 Å². The number of rotatable bonds is 3. The second kappa shape index (κ2) is 6.53. The molecule has 0 radical (unpaired) electrons. The van der Waals surface area contributed by atoms with Crippen LogP contribution in [0, 0.1) is 5.82 Å². The quantitative estimate of drug-likeness (QED) is 0.712. The third-order valence-corrected chi connectivity index (χ3v) is 5.76. The van der Waals surface area contributed by atoms with Crippen molar-refractivity contribution in [1.29, 1.82) is 0 Å². The molecule has 0 saturated heterocycles. The zero-order chi connectivity index (χ0) is 20.1. The minimum absolute atomic E-state index is 0.0604. The van der Waals surface area contributed by atoms with E-state index in [1.54, 1.807) is 11.9 Å². The van der Waals surface area contributed by atoms with Crippen molar-refractivity contribution in [3.8, 4) is 11.3 Å². The number of carbonyl (C=O) groups is 2. The van der Waals surface area contributed by atoms with Crippen LogP contribution in [0.3, 0.4) is 0 Å². The average Bonchev–Trinajstić information content (AvgIpc) is 3.20. The SMILES string of the molecule is CN1C(=O)C(C)(C)c2cc(-c3csc(NC(=O)c4ccc(F)cc4)n3)ccc21. The lowest BCUT2D eigenvalue weighted by atomic mass is 9.85. The number of aromatic nitrogens is 1. The molecule has 142 valence electrons. The first-order valence-corrected chi connectivity index (χ1v) is 9.61. The molecule has 2 amide bonds. The van der Waals surface area contributed by atoms with E-state index in [0.29, 0.717) is 10.7 Å². The summed E-state index contributed by atoms with van der Waals surface area (Å²) in [5.41, 5.74) is 3.24. The van der Waals surface area contributed by atoms with Crippen LogP contribution in [-0.2, 0) is 10.2 Å². The fraction of sp³-hybridized carbons (Fsp3) is 0.190. The van der Waals surface area contributed by atoms with Gasteiger partial charge in [-0.05, 0) is 55.8 Å². The fourth-order valence-corrected chi connectivity index (χ4v) is 4.08. The molecule has 0 bridgehead atoms. The van der Waals surface area contributed by atoms with Crippen LogP contribution < -0.4 is 10.2 Å². The fourth-order valence-electron chi connectivity index (χ4n) is 3.37. The molecule has 4 rings (SSSR count). The highest BCUT2D eigenvalue weighted by Gasteiger charge is 2.42. The maximum absolute atomic E-state index is 13.0. The smallest absolute Gasteiger partial charge is 0.257 e. The van der Waals surface area contributed by atoms with Crippen molar-refractivity contribution in [2.24, 2.45) is 0 Å². The molecular weight excluding hydrogens is 377 g/mol. The molecular formula is C21H18FN3O2S. The average molecular weight is 395 g/mol. The zero-order valence-corrected chi connectivity index (χ0v) is 16.4. The van der Waals surface area contributed by atoms with E-state index in [2.05, 4.69) is 10.3 Å². The van der Waals surface area contributed by atoms with Crippen molar-refractivity contribution in [2.75, 3.05) is 17.3 Å². The summed E-state index contributed by atoms with van der Waals surface area (Å²) in [6, 6.07) is 11.2. The van der Waals surface area contributed by atoms with Crippen molar-refractivity contribution in [3.63, 3.8) is 0 Å². The number of likely N-dealkylation sites (N-methyl/N-ethyl adjacent to an activating group) is 1. The molecule has 1 aliphatic heterocycles. The minimum atomic E-state index is -0.588. The molecule has 28 heavy (non-hydrogen) atoms. The summed E-state index contributed by atoms with van der Waals surface area (Å²) in [5, 5.41) is 5.05. The predicted molar refractivity (Wildman–Crippen MR) is 108 cm³/mol. The summed E-state index contributed by atoms with van der Waals surface area (Å²) >= 11 is 1.31. The lowest BCUT2D eigenvalue weighted by Gasteiger charge is -2.16. The number of hydrogen-bond acceptors (Lipinski definition) is 4. The van der Waals surface area contributed by atoms with E-state index in [9.17, 15) is 14.0 Å². The lowest BCUT2D eigenvalue weighted by Crippen LogP contribution is -2.33. The van der Waals surface area contributed by atoms with E-state index < -0.39 is 11.2 Å². The monoisotopic (exact) mass is 395 g/mol. The minimum Gasteiger partial charge on any atom is -0.314 e. The van der Waals surface area contributed by atoms with Gasteiger partial charge in [-0.2, -0.15) is 0 Å². The largest absolute Gasteiger partial charge is 0.314 e. The summed E-state index contributed by atoms with van der Waals surface area (Å²) in [7, 11) is 1.78. The Morgan fingerprint density at radius 3 is 2.61 bits per heavy atom. The van der Waals surface area contributed by atoms with Crippen LogP contribution in [0.2, 0.25) is 0 Å². The molecule has 3 aromatic rings. The van der Waals surface area contributed by atoms with Crippen molar-refractivity contribution >= 4 is 34.0 Å². The molecule has 1 aliphatic rings. The van der Waals surface area contributed by atoms with Gasteiger partial charge < -0.3 is 4.90 Å². The summed E-state index contributed by atoms with van der Waals surface area (Å²) in [6.07, 6.45) is 0. The maximum Gasteiger partial charge on any atom is 0.257 e. The number of benzene rings is 2. The Morgan fingerprint density at radius 2 is 1.89 bits per heavy atom. The van der Waals surface area contributed by atoms with E-state index in [-0.39, 0.29) is 11.8 Å². The molecule has 0 unspecified atom stereocenters. The van der Waals surface area contributed by atoms with E-state index >= 15 is 0 Å². The number of thiazole rings is 1. The van der Waals surface area contributed by atoms with Gasteiger partial charge in [0.05, 0.1) is 11.1 Å². The Morgan fingerprint density at radius 1 is 1.18 bits per heavy atom. The van der Waals surface area contributed by atoms with E-state index in [4.69, 9.17) is 0 Å². The van der Waals surface area contributed by atoms with E-state index in [1.165, 1.54) is 35.6 Å². The zero-order valence-electron chi connectivity index (χ0n) is 15.6. The Kier molecular flexibility index (Phi) is 4.27. The van der Waals surface area contributed by atoms with Gasteiger partial charge in [0.1, 0.15) is 5.82 Å². The van der Waals surface area contributed by atoms with Gasteiger partial charge >= 0.3 is 0 Å². The molecule has 5 nitrogen and oxygen atoms in total. The second-order valence-corrected chi connectivity index (χ2v) is 8.08. The molecule has 0 spiro atoms. The van der Waals surface area contributed by atoms with Crippen molar-refractivity contribution in [3.05, 3.63) is 64.8 Å². The number of hydrogen-bond donors (Lipinski definition) is 1. The van der Waals surface area contributed by atoms with Gasteiger partial charge in [-0.15, -0.1) is 11.3 Å². The third kappa shape index (κ3) is 2.97. The van der Waals surface area contributed by atoms with Gasteiger partial charge in [-0.25, -0.2) is 9.37 Å². The molecule has 0 aliphatic carbocycles. The summed E-state index contributed by atoms with van der Waals surface area (Å²) in [6.45, 7) is 3.83. The molecule has 2 aromatic carbocycles. The topological polar surface area (TPSA) is 62.3 Å². The van der Waals surface area contributed by atoms with Gasteiger partial charge in [0.15, 0.2) is 5.13 Å². The summed E-state index contributed by atoms with van der Waals surface area (Å²) in [5.74, 6) is -0.676. The summed E-state index contributed by atoms with van der Waals surface area (Å²) < 4.78 is 13.0. The summed E-state index contributed by atoms with van der Waals surface area (Å²) in [4.78, 5) is 30.9. The second-order valence-electron chi connectivity index (χ2n) is 7.22. The number of nitrogens with zero attached hydrogens (tertiary/aromatic N) is 2. The molecule has 1 N–H and O–H groups in total. The van der Waals surface area contributed by atoms with Gasteiger partial charge in [0.2, 0.25) is 5.91 Å². The van der Waals surface area contributed by atoms with E-state index in [0.717, 1.165) is 22.5 Å². The van der Waals surface area contributed by atoms with Gasteiger partial charge in [-0.1, -0.05) is 6.07 Å². The molecule has 0 fully saturated rings. The number of halogens is 1. The van der Waals surface area contributed by atoms with Gasteiger partial charge in [0.25, 0.3) is 5.91 Å². The Bertz CT molecular complexity index is 1090. The molecule has 0 atom stereocenters. The number of carbonyl (C=O) groups excluding carboxylic acids is 2. The van der Waals surface area contributed by atoms with Crippen LogP contribution in [0.1, 0.15) is 29.8 Å². The predicted octanol–water partition coefficient (Wildman–Crippen LogP) is 4.46. The lowest BCUT2D eigenvalue weighted by molar-refractivity contribution is -0.121. The van der Waals surface area contributed by atoms with Crippen LogP contribution in [0.5, 0.6) is 0 Å². The Balaban J connectivity index is 1.59. The molecule has 0 saturated carbocycles. The normalized spacial score (nSPS) is 14.9. The third-order valence-electron chi connectivity index (χ3n) is 5.00. The Hall–Kier alpha value is -3.06. The standard InChI is InChI=1S/C21H18FN3O2S/c1-21(2)15-10-13(6-9-17(15)25(3)19(21)27)16-11-28-20(23-16)24-18(26)12-4-7-14(22)8-5-12/h4-11H,1-3H3,(H,23,24,26). The van der Waals surface area contributed by atoms with Crippen LogP contribution in [-0.4, -0.2) is 23.8 Å². The van der Waals surface area contributed by atoms with Crippen LogP contribution in [0.4, 0.5) is 15.2 Å². The van der Waals surface area contributed by atoms with Crippen molar-refractivity contribution in [1.82, 2.24) is 4.98 Å². The van der Waals surface area contributed by atoms with Crippen molar-refractivity contribution in [2.45, 2.75) is 19.3 Å². The van der Waals surface area contributed by atoms with Crippen LogP contribution in [0.15, 0.2) is 47.8 Å². The number of fused-ring (bicyclic) bond motifs is 1.